The molecule has 0 bridgehead atoms. The molecule has 2 unspecified atom stereocenters. The first-order valence-electron chi connectivity index (χ1n) is 9.08. The molecular formula is C20H23N3O6. The van der Waals surface area contributed by atoms with E-state index in [0.717, 1.165) is 0 Å². The zero-order chi connectivity index (χ0) is 21.1. The third-order valence-corrected chi connectivity index (χ3v) is 4.41. The number of nitrogens with zero attached hydrogens (tertiary/aromatic N) is 1. The van der Waals surface area contributed by atoms with Gasteiger partial charge in [-0.25, -0.2) is 4.98 Å². The van der Waals surface area contributed by atoms with Crippen molar-refractivity contribution in [1.82, 2.24) is 15.6 Å². The molecule has 2 amide bonds. The van der Waals surface area contributed by atoms with Gasteiger partial charge in [0.1, 0.15) is 29.7 Å². The Morgan fingerprint density at radius 3 is 2.66 bits per heavy atom. The highest BCUT2D eigenvalue weighted by molar-refractivity contribution is 6.08. The van der Waals surface area contributed by atoms with Gasteiger partial charge in [-0.15, -0.1) is 0 Å². The summed E-state index contributed by atoms with van der Waals surface area (Å²) in [5, 5.41) is 15.3. The number of aromatic nitrogens is 1. The number of aliphatic hydroxyl groups is 1. The summed E-state index contributed by atoms with van der Waals surface area (Å²) in [7, 11) is 1.43. The molecule has 0 spiro atoms. The van der Waals surface area contributed by atoms with E-state index >= 15 is 0 Å². The predicted molar refractivity (Wildman–Crippen MR) is 104 cm³/mol. The molecule has 1 aromatic carbocycles. The van der Waals surface area contributed by atoms with Crippen LogP contribution in [0.4, 0.5) is 0 Å². The molecule has 0 saturated heterocycles. The first-order chi connectivity index (χ1) is 13.8. The Morgan fingerprint density at radius 1 is 1.28 bits per heavy atom. The van der Waals surface area contributed by atoms with Crippen LogP contribution in [-0.4, -0.2) is 41.1 Å². The molecule has 0 saturated carbocycles. The second kappa shape index (κ2) is 8.36. The van der Waals surface area contributed by atoms with Crippen molar-refractivity contribution in [3.8, 4) is 5.75 Å². The number of furan rings is 1. The molecule has 0 fully saturated rings. The molecule has 3 N–H and O–H groups in total. The topological polar surface area (TPSA) is 127 Å². The van der Waals surface area contributed by atoms with Gasteiger partial charge in [0.25, 0.3) is 5.91 Å². The minimum absolute atomic E-state index is 0.186. The van der Waals surface area contributed by atoms with Crippen LogP contribution < -0.4 is 15.4 Å². The van der Waals surface area contributed by atoms with Crippen LogP contribution >= 0.6 is 0 Å². The summed E-state index contributed by atoms with van der Waals surface area (Å²) in [5.41, 5.74) is 0.777. The van der Waals surface area contributed by atoms with Gasteiger partial charge in [-0.3, -0.25) is 9.59 Å². The first-order valence-corrected chi connectivity index (χ1v) is 9.08. The third-order valence-electron chi connectivity index (χ3n) is 4.41. The van der Waals surface area contributed by atoms with Crippen LogP contribution in [0.3, 0.4) is 0 Å². The van der Waals surface area contributed by atoms with E-state index in [2.05, 4.69) is 15.6 Å². The summed E-state index contributed by atoms with van der Waals surface area (Å²) in [6, 6.07) is 4.01. The number of hydrogen-bond donors (Lipinski definition) is 3. The number of likely N-dealkylation sites (N-methyl/N-ethyl adjacent to an activating group) is 1. The molecule has 0 aliphatic carbocycles. The normalized spacial score (nSPS) is 13.1. The highest BCUT2D eigenvalue weighted by Gasteiger charge is 2.28. The van der Waals surface area contributed by atoms with Gasteiger partial charge in [-0.1, -0.05) is 0 Å². The Balaban J connectivity index is 1.85. The Hall–Kier alpha value is -3.33. The lowest BCUT2D eigenvalue weighted by atomic mass is 10.1. The number of amides is 2. The summed E-state index contributed by atoms with van der Waals surface area (Å²) in [4.78, 5) is 28.8. The van der Waals surface area contributed by atoms with Crippen molar-refractivity contribution in [2.24, 2.45) is 0 Å². The van der Waals surface area contributed by atoms with Crippen LogP contribution in [-0.2, 0) is 11.4 Å². The summed E-state index contributed by atoms with van der Waals surface area (Å²) in [5.74, 6) is 1.01. The number of carbonyl (C=O) groups is 2. The van der Waals surface area contributed by atoms with Gasteiger partial charge >= 0.3 is 0 Å². The zero-order valence-corrected chi connectivity index (χ0v) is 16.6. The molecular weight excluding hydrogens is 378 g/mol. The van der Waals surface area contributed by atoms with Crippen LogP contribution in [0.2, 0.25) is 0 Å². The van der Waals surface area contributed by atoms with Gasteiger partial charge in [0.15, 0.2) is 11.7 Å². The fourth-order valence-corrected chi connectivity index (χ4v) is 2.97. The number of hydrogen-bond acceptors (Lipinski definition) is 7. The van der Waals surface area contributed by atoms with E-state index < -0.39 is 24.0 Å². The van der Waals surface area contributed by atoms with Crippen molar-refractivity contribution in [1.29, 1.82) is 0 Å². The molecule has 9 nitrogen and oxygen atoms in total. The molecule has 9 heteroatoms. The fraction of sp³-hybridized carbons (Fsp3) is 0.350. The van der Waals surface area contributed by atoms with E-state index in [4.69, 9.17) is 13.6 Å². The van der Waals surface area contributed by atoms with E-state index in [9.17, 15) is 14.7 Å². The minimum atomic E-state index is -1.09. The van der Waals surface area contributed by atoms with Crippen molar-refractivity contribution < 1.29 is 28.3 Å². The lowest BCUT2D eigenvalue weighted by molar-refractivity contribution is -0.124. The van der Waals surface area contributed by atoms with Crippen LogP contribution in [0.1, 0.15) is 34.7 Å². The first kappa shape index (κ1) is 20.4. The number of oxazole rings is 1. The van der Waals surface area contributed by atoms with Crippen LogP contribution in [0, 0.1) is 13.8 Å². The standard InChI is InChI=1S/C20H23N3O6/c1-10(24)18(20(26)21-4)23-19(25)17-11(2)28-16-6-5-13(7-15(16)17)27-9-14-8-22-12(3)29-14/h5-8,10,18,24H,9H2,1-4H3,(H,21,26)(H,23,25). The monoisotopic (exact) mass is 401 g/mol. The Labute approximate surface area is 167 Å². The molecule has 2 aromatic heterocycles. The molecule has 0 aliphatic rings. The number of rotatable bonds is 7. The maximum atomic E-state index is 12.8. The summed E-state index contributed by atoms with van der Waals surface area (Å²) in [6.07, 6.45) is 0.519. The van der Waals surface area contributed by atoms with Gasteiger partial charge in [-0.2, -0.15) is 0 Å². The summed E-state index contributed by atoms with van der Waals surface area (Å²) >= 11 is 0. The highest BCUT2D eigenvalue weighted by Crippen LogP contribution is 2.29. The van der Waals surface area contributed by atoms with Gasteiger partial charge in [0.05, 0.1) is 17.9 Å². The van der Waals surface area contributed by atoms with Crippen molar-refractivity contribution in [2.75, 3.05) is 7.05 Å². The molecule has 0 radical (unpaired) electrons. The fourth-order valence-electron chi connectivity index (χ4n) is 2.97. The molecule has 3 aromatic rings. The van der Waals surface area contributed by atoms with Crippen molar-refractivity contribution >= 4 is 22.8 Å². The van der Waals surface area contributed by atoms with Crippen molar-refractivity contribution in [3.63, 3.8) is 0 Å². The van der Waals surface area contributed by atoms with Gasteiger partial charge in [0.2, 0.25) is 5.91 Å². The van der Waals surface area contributed by atoms with E-state index in [-0.39, 0.29) is 12.2 Å². The Morgan fingerprint density at radius 2 is 2.03 bits per heavy atom. The van der Waals surface area contributed by atoms with Crippen LogP contribution in [0.5, 0.6) is 5.75 Å². The Kier molecular flexibility index (Phi) is 5.88. The molecule has 154 valence electrons. The van der Waals surface area contributed by atoms with Crippen molar-refractivity contribution in [3.05, 3.63) is 47.4 Å². The number of aryl methyl sites for hydroxylation is 2. The SMILES string of the molecule is CNC(=O)C(NC(=O)c1c(C)oc2ccc(OCc3cnc(C)o3)cc12)C(C)O. The van der Waals surface area contributed by atoms with Crippen LogP contribution in [0.15, 0.2) is 33.2 Å². The largest absolute Gasteiger partial charge is 0.486 e. The number of benzene rings is 1. The van der Waals surface area contributed by atoms with E-state index in [1.807, 2.05) is 0 Å². The number of fused-ring (bicyclic) bond motifs is 1. The van der Waals surface area contributed by atoms with Gasteiger partial charge < -0.3 is 29.3 Å². The Bertz CT molecular complexity index is 1040. The van der Waals surface area contributed by atoms with Gasteiger partial charge in [0, 0.05) is 19.4 Å². The average molecular weight is 401 g/mol. The van der Waals surface area contributed by atoms with Crippen LogP contribution in [0.25, 0.3) is 11.0 Å². The minimum Gasteiger partial charge on any atom is -0.486 e. The predicted octanol–water partition coefficient (Wildman–Crippen LogP) is 1.84. The molecule has 29 heavy (non-hydrogen) atoms. The van der Waals surface area contributed by atoms with E-state index in [0.29, 0.717) is 34.1 Å². The maximum Gasteiger partial charge on any atom is 0.256 e. The maximum absolute atomic E-state index is 12.8. The molecule has 3 rings (SSSR count). The molecule has 2 atom stereocenters. The number of nitrogens with one attached hydrogen (secondary N) is 2. The smallest absolute Gasteiger partial charge is 0.256 e. The summed E-state index contributed by atoms with van der Waals surface area (Å²) < 4.78 is 16.8. The summed E-state index contributed by atoms with van der Waals surface area (Å²) in [6.45, 7) is 5.02. The third kappa shape index (κ3) is 4.40. The lowest BCUT2D eigenvalue weighted by Crippen LogP contribution is -2.51. The van der Waals surface area contributed by atoms with E-state index in [1.54, 1.807) is 38.2 Å². The number of carbonyl (C=O) groups excluding carboxylic acids is 2. The lowest BCUT2D eigenvalue weighted by Gasteiger charge is -2.19. The second-order valence-corrected chi connectivity index (χ2v) is 6.63. The van der Waals surface area contributed by atoms with Crippen molar-refractivity contribution in [2.45, 2.75) is 39.5 Å². The number of ether oxygens (including phenoxy) is 1. The molecule has 2 heterocycles. The van der Waals surface area contributed by atoms with Gasteiger partial charge in [-0.05, 0) is 32.0 Å². The quantitative estimate of drug-likeness (QED) is 0.551. The molecule has 0 aliphatic heterocycles. The van der Waals surface area contributed by atoms with E-state index in [1.165, 1.54) is 14.0 Å². The number of aliphatic hydroxyl groups excluding tert-OH is 1. The highest BCUT2D eigenvalue weighted by atomic mass is 16.5. The zero-order valence-electron chi connectivity index (χ0n) is 16.6. The average Bonchev–Trinajstić information content (AvgIpc) is 3.24. The second-order valence-electron chi connectivity index (χ2n) is 6.63.